The number of halogens is 1. The number of hydrogen-bond donors (Lipinski definition) is 1. The Morgan fingerprint density at radius 1 is 1.19 bits per heavy atom. The third kappa shape index (κ3) is 4.93. The van der Waals surface area contributed by atoms with Crippen molar-refractivity contribution in [2.45, 2.75) is 45.7 Å². The maximum atomic E-state index is 4.39. The Labute approximate surface area is 135 Å². The smallest absolute Gasteiger partial charge is 0.138 e. The lowest BCUT2D eigenvalue weighted by Gasteiger charge is -2.18. The van der Waals surface area contributed by atoms with Gasteiger partial charge in [-0.3, -0.25) is 4.68 Å². The van der Waals surface area contributed by atoms with Gasteiger partial charge >= 0.3 is 0 Å². The van der Waals surface area contributed by atoms with Crippen molar-refractivity contribution >= 4 is 15.9 Å². The normalized spacial score (nSPS) is 12.5. The molecule has 1 N–H and O–H groups in total. The van der Waals surface area contributed by atoms with Gasteiger partial charge in [-0.15, -0.1) is 0 Å². The minimum absolute atomic E-state index is 0.389. The molecule has 0 amide bonds. The monoisotopic (exact) mass is 350 g/mol. The van der Waals surface area contributed by atoms with Crippen LogP contribution in [0, 0.1) is 0 Å². The second-order valence-electron chi connectivity index (χ2n) is 5.18. The van der Waals surface area contributed by atoms with Gasteiger partial charge in [0.2, 0.25) is 0 Å². The molecule has 2 rings (SSSR count). The molecule has 1 heterocycles. The van der Waals surface area contributed by atoms with E-state index in [4.69, 9.17) is 0 Å². The van der Waals surface area contributed by atoms with Crippen LogP contribution in [0.1, 0.15) is 31.7 Å². The van der Waals surface area contributed by atoms with Gasteiger partial charge in [0.05, 0.1) is 0 Å². The van der Waals surface area contributed by atoms with E-state index in [0.717, 1.165) is 42.6 Å². The molecule has 1 unspecified atom stereocenters. The van der Waals surface area contributed by atoms with Crippen LogP contribution < -0.4 is 5.32 Å². The van der Waals surface area contributed by atoms with E-state index in [1.54, 1.807) is 6.33 Å². The van der Waals surface area contributed by atoms with Gasteiger partial charge in [0, 0.05) is 23.5 Å². The highest BCUT2D eigenvalue weighted by Gasteiger charge is 2.13. The van der Waals surface area contributed by atoms with Crippen LogP contribution >= 0.6 is 15.9 Å². The number of rotatable bonds is 8. The Balaban J connectivity index is 2.05. The van der Waals surface area contributed by atoms with Crippen molar-refractivity contribution in [1.29, 1.82) is 0 Å². The van der Waals surface area contributed by atoms with Crippen molar-refractivity contribution in [1.82, 2.24) is 20.1 Å². The second kappa shape index (κ2) is 8.29. The highest BCUT2D eigenvalue weighted by atomic mass is 79.9. The third-order valence-electron chi connectivity index (χ3n) is 3.50. The molecule has 114 valence electrons. The lowest BCUT2D eigenvalue weighted by molar-refractivity contribution is 0.478. The van der Waals surface area contributed by atoms with Crippen molar-refractivity contribution in [2.75, 3.05) is 6.54 Å². The Morgan fingerprint density at radius 2 is 1.95 bits per heavy atom. The van der Waals surface area contributed by atoms with E-state index in [-0.39, 0.29) is 0 Å². The predicted molar refractivity (Wildman–Crippen MR) is 89.3 cm³/mol. The molecule has 1 aromatic heterocycles. The SMILES string of the molecule is CCCNC(Cc1ccc(Br)cc1)Cc1ncnn1CC. The largest absolute Gasteiger partial charge is 0.313 e. The van der Waals surface area contributed by atoms with Gasteiger partial charge in [-0.2, -0.15) is 5.10 Å². The van der Waals surface area contributed by atoms with Gasteiger partial charge in [0.15, 0.2) is 0 Å². The second-order valence-corrected chi connectivity index (χ2v) is 6.09. The van der Waals surface area contributed by atoms with Crippen LogP contribution in [0.2, 0.25) is 0 Å². The van der Waals surface area contributed by atoms with E-state index in [0.29, 0.717) is 6.04 Å². The first kappa shape index (κ1) is 16.2. The Hall–Kier alpha value is -1.20. The molecule has 21 heavy (non-hydrogen) atoms. The predicted octanol–water partition coefficient (Wildman–Crippen LogP) is 3.21. The van der Waals surface area contributed by atoms with Crippen LogP contribution in [0.4, 0.5) is 0 Å². The molecule has 2 aromatic rings. The average Bonchev–Trinajstić information content (AvgIpc) is 2.94. The summed E-state index contributed by atoms with van der Waals surface area (Å²) >= 11 is 3.48. The van der Waals surface area contributed by atoms with Crippen molar-refractivity contribution in [3.63, 3.8) is 0 Å². The fourth-order valence-corrected chi connectivity index (χ4v) is 2.67. The molecule has 5 heteroatoms. The lowest BCUT2D eigenvalue weighted by atomic mass is 10.0. The summed E-state index contributed by atoms with van der Waals surface area (Å²) in [5.74, 6) is 1.06. The Morgan fingerprint density at radius 3 is 2.62 bits per heavy atom. The number of aryl methyl sites for hydroxylation is 1. The molecule has 1 aromatic carbocycles. The molecule has 0 aliphatic rings. The highest BCUT2D eigenvalue weighted by Crippen LogP contribution is 2.13. The number of benzene rings is 1. The van der Waals surface area contributed by atoms with E-state index in [2.05, 4.69) is 69.4 Å². The topological polar surface area (TPSA) is 42.7 Å². The molecule has 0 saturated carbocycles. The zero-order valence-electron chi connectivity index (χ0n) is 12.7. The molecule has 0 bridgehead atoms. The molecule has 0 spiro atoms. The summed E-state index contributed by atoms with van der Waals surface area (Å²) in [5.41, 5.74) is 1.34. The van der Waals surface area contributed by atoms with Crippen LogP contribution in [0.25, 0.3) is 0 Å². The van der Waals surface area contributed by atoms with Gasteiger partial charge in [-0.05, 0) is 44.0 Å². The molecule has 1 atom stereocenters. The van der Waals surface area contributed by atoms with Crippen LogP contribution in [-0.2, 0) is 19.4 Å². The van der Waals surface area contributed by atoms with Crippen molar-refractivity contribution in [3.05, 3.63) is 46.5 Å². The maximum Gasteiger partial charge on any atom is 0.138 e. The molecule has 0 saturated heterocycles. The molecular formula is C16H23BrN4. The summed E-state index contributed by atoms with van der Waals surface area (Å²) in [6, 6.07) is 8.94. The van der Waals surface area contributed by atoms with Crippen LogP contribution in [0.3, 0.4) is 0 Å². The molecule has 0 aliphatic heterocycles. The zero-order valence-corrected chi connectivity index (χ0v) is 14.3. The van der Waals surface area contributed by atoms with Gasteiger partial charge in [-0.1, -0.05) is 35.0 Å². The first-order valence-electron chi connectivity index (χ1n) is 7.57. The quantitative estimate of drug-likeness (QED) is 0.794. The summed E-state index contributed by atoms with van der Waals surface area (Å²) < 4.78 is 3.09. The van der Waals surface area contributed by atoms with Crippen LogP contribution in [0.5, 0.6) is 0 Å². The van der Waals surface area contributed by atoms with E-state index >= 15 is 0 Å². The number of nitrogens with one attached hydrogen (secondary N) is 1. The number of hydrogen-bond acceptors (Lipinski definition) is 3. The molecular weight excluding hydrogens is 328 g/mol. The van der Waals surface area contributed by atoms with E-state index in [1.165, 1.54) is 5.56 Å². The zero-order chi connectivity index (χ0) is 15.1. The van der Waals surface area contributed by atoms with Crippen molar-refractivity contribution in [3.8, 4) is 0 Å². The number of aromatic nitrogens is 3. The fourth-order valence-electron chi connectivity index (χ4n) is 2.40. The average molecular weight is 351 g/mol. The summed E-state index contributed by atoms with van der Waals surface area (Å²) in [6.07, 6.45) is 4.69. The van der Waals surface area contributed by atoms with Gasteiger partial charge in [-0.25, -0.2) is 4.98 Å². The molecule has 4 nitrogen and oxygen atoms in total. The van der Waals surface area contributed by atoms with Crippen LogP contribution in [-0.4, -0.2) is 27.4 Å². The summed E-state index contributed by atoms with van der Waals surface area (Å²) in [7, 11) is 0. The highest BCUT2D eigenvalue weighted by molar-refractivity contribution is 9.10. The maximum absolute atomic E-state index is 4.39. The third-order valence-corrected chi connectivity index (χ3v) is 4.03. The minimum atomic E-state index is 0.389. The first-order valence-corrected chi connectivity index (χ1v) is 8.36. The van der Waals surface area contributed by atoms with Gasteiger partial charge in [0.1, 0.15) is 12.2 Å². The van der Waals surface area contributed by atoms with E-state index in [1.807, 2.05) is 4.68 Å². The summed E-state index contributed by atoms with van der Waals surface area (Å²) in [4.78, 5) is 4.39. The van der Waals surface area contributed by atoms with Crippen LogP contribution in [0.15, 0.2) is 35.1 Å². The van der Waals surface area contributed by atoms with E-state index in [9.17, 15) is 0 Å². The van der Waals surface area contributed by atoms with Crippen molar-refractivity contribution < 1.29 is 0 Å². The van der Waals surface area contributed by atoms with Gasteiger partial charge in [0.25, 0.3) is 0 Å². The minimum Gasteiger partial charge on any atom is -0.313 e. The Kier molecular flexibility index (Phi) is 6.39. The molecule has 0 radical (unpaired) electrons. The lowest BCUT2D eigenvalue weighted by Crippen LogP contribution is -2.34. The Bertz CT molecular complexity index is 535. The summed E-state index contributed by atoms with van der Waals surface area (Å²) in [5, 5.41) is 7.89. The standard InChI is InChI=1S/C16H23BrN4/c1-3-9-18-15(10-13-5-7-14(17)8-6-13)11-16-19-12-20-21(16)4-2/h5-8,12,15,18H,3-4,9-11H2,1-2H3. The fraction of sp³-hybridized carbons (Fsp3) is 0.500. The van der Waals surface area contributed by atoms with E-state index < -0.39 is 0 Å². The summed E-state index contributed by atoms with van der Waals surface area (Å²) in [6.45, 7) is 6.19. The van der Waals surface area contributed by atoms with Crippen molar-refractivity contribution in [2.24, 2.45) is 0 Å². The molecule has 0 fully saturated rings. The van der Waals surface area contributed by atoms with Gasteiger partial charge < -0.3 is 5.32 Å². The number of nitrogens with zero attached hydrogens (tertiary/aromatic N) is 3. The first-order chi connectivity index (χ1) is 10.2. The molecule has 0 aliphatic carbocycles.